The van der Waals surface area contributed by atoms with Gasteiger partial charge in [0.25, 0.3) is 0 Å². The highest BCUT2D eigenvalue weighted by Gasteiger charge is 2.10. The van der Waals surface area contributed by atoms with E-state index in [1.165, 1.54) is 4.68 Å². The lowest BCUT2D eigenvalue weighted by Crippen LogP contribution is -2.12. The van der Waals surface area contributed by atoms with Crippen LogP contribution in [0.1, 0.15) is 0 Å². The maximum atomic E-state index is 13.1. The lowest BCUT2D eigenvalue weighted by molar-refractivity contribution is 0.583. The third-order valence-electron chi connectivity index (χ3n) is 2.50. The largest absolute Gasteiger partial charge is 0.279 e. The Morgan fingerprint density at radius 3 is 2.45 bits per heavy atom. The van der Waals surface area contributed by atoms with Gasteiger partial charge in [0.1, 0.15) is 21.5 Å². The molecule has 2 rings (SSSR count). The number of hydrogen-bond donors (Lipinski definition) is 1. The van der Waals surface area contributed by atoms with Crippen molar-refractivity contribution < 1.29 is 17.2 Å². The Bertz CT molecular complexity index is 776. The van der Waals surface area contributed by atoms with E-state index in [1.54, 1.807) is 0 Å². The van der Waals surface area contributed by atoms with Gasteiger partial charge in [-0.1, -0.05) is 0 Å². The molecule has 0 aliphatic heterocycles. The molecule has 5 nitrogen and oxygen atoms in total. The SMILES string of the molecule is CS(=O)(=O)CCn1[nH]c(-c2cc(F)cc(F)c2)nc1=S. The summed E-state index contributed by atoms with van der Waals surface area (Å²) >= 11 is 4.97. The van der Waals surface area contributed by atoms with E-state index >= 15 is 0 Å². The highest BCUT2D eigenvalue weighted by atomic mass is 32.2. The number of aromatic amines is 1. The van der Waals surface area contributed by atoms with Crippen LogP contribution in [0.2, 0.25) is 0 Å². The van der Waals surface area contributed by atoms with Crippen molar-refractivity contribution in [1.29, 1.82) is 0 Å². The molecule has 1 aromatic heterocycles. The summed E-state index contributed by atoms with van der Waals surface area (Å²) in [6, 6.07) is 2.97. The molecule has 9 heteroatoms. The molecule has 2 aromatic rings. The quantitative estimate of drug-likeness (QED) is 0.875. The minimum Gasteiger partial charge on any atom is -0.279 e. The Balaban J connectivity index is 2.33. The standard InChI is InChI=1S/C11H11F2N3O2S2/c1-20(17,18)3-2-16-11(19)14-10(15-16)7-4-8(12)6-9(13)5-7/h4-6H,2-3H2,1H3,(H,14,15,19). The fourth-order valence-corrected chi connectivity index (χ4v) is 2.33. The predicted molar refractivity (Wildman–Crippen MR) is 72.5 cm³/mol. The highest BCUT2D eigenvalue weighted by Crippen LogP contribution is 2.18. The zero-order valence-corrected chi connectivity index (χ0v) is 12.1. The molecule has 0 amide bonds. The number of benzene rings is 1. The maximum Gasteiger partial charge on any atom is 0.216 e. The summed E-state index contributed by atoms with van der Waals surface area (Å²) in [7, 11) is -3.14. The first-order chi connectivity index (χ1) is 9.24. The molecule has 0 atom stereocenters. The molecule has 0 spiro atoms. The lowest BCUT2D eigenvalue weighted by atomic mass is 10.2. The van der Waals surface area contributed by atoms with Gasteiger partial charge in [0, 0.05) is 17.9 Å². The van der Waals surface area contributed by atoms with Gasteiger partial charge in [-0.3, -0.25) is 9.78 Å². The summed E-state index contributed by atoms with van der Waals surface area (Å²) in [6.45, 7) is 0.0997. The van der Waals surface area contributed by atoms with Crippen molar-refractivity contribution in [3.8, 4) is 11.4 Å². The van der Waals surface area contributed by atoms with Gasteiger partial charge in [-0.25, -0.2) is 17.2 Å². The van der Waals surface area contributed by atoms with E-state index in [9.17, 15) is 17.2 Å². The molecule has 0 aliphatic carbocycles. The average Bonchev–Trinajstić information content (AvgIpc) is 2.66. The molecule has 0 saturated carbocycles. The Hall–Kier alpha value is -1.61. The minimum atomic E-state index is -3.14. The first-order valence-corrected chi connectivity index (χ1v) is 8.02. The number of hydrogen-bond acceptors (Lipinski definition) is 4. The first kappa shape index (κ1) is 14.8. The van der Waals surface area contributed by atoms with E-state index in [2.05, 4.69) is 10.1 Å². The Kier molecular flexibility index (Phi) is 4.00. The van der Waals surface area contributed by atoms with E-state index in [4.69, 9.17) is 12.2 Å². The summed E-state index contributed by atoms with van der Waals surface area (Å²) < 4.78 is 49.9. The van der Waals surface area contributed by atoms with Crippen molar-refractivity contribution in [3.63, 3.8) is 0 Å². The Morgan fingerprint density at radius 2 is 1.90 bits per heavy atom. The van der Waals surface area contributed by atoms with Crippen LogP contribution in [0.25, 0.3) is 11.4 Å². The number of nitrogens with one attached hydrogen (secondary N) is 1. The number of rotatable bonds is 4. The molecule has 0 saturated heterocycles. The summed E-state index contributed by atoms with van der Waals surface area (Å²) in [5.74, 6) is -1.39. The summed E-state index contributed by atoms with van der Waals surface area (Å²) in [5.41, 5.74) is 0.201. The smallest absolute Gasteiger partial charge is 0.216 e. The summed E-state index contributed by atoms with van der Waals surface area (Å²) in [4.78, 5) is 3.96. The molecule has 1 aromatic carbocycles. The second-order valence-electron chi connectivity index (χ2n) is 4.29. The van der Waals surface area contributed by atoms with Gasteiger partial charge in [0.2, 0.25) is 4.77 Å². The van der Waals surface area contributed by atoms with Crippen LogP contribution in [0.4, 0.5) is 8.78 Å². The van der Waals surface area contributed by atoms with Crippen molar-refractivity contribution in [2.45, 2.75) is 6.54 Å². The van der Waals surface area contributed by atoms with Crippen molar-refractivity contribution in [3.05, 3.63) is 34.6 Å². The molecule has 108 valence electrons. The van der Waals surface area contributed by atoms with Crippen molar-refractivity contribution in [2.75, 3.05) is 12.0 Å². The van der Waals surface area contributed by atoms with Crippen LogP contribution in [0, 0.1) is 16.4 Å². The third-order valence-corrected chi connectivity index (χ3v) is 3.74. The van der Waals surface area contributed by atoms with Crippen LogP contribution < -0.4 is 0 Å². The molecule has 1 N–H and O–H groups in total. The molecule has 0 fully saturated rings. The van der Waals surface area contributed by atoms with Gasteiger partial charge in [0.05, 0.1) is 12.3 Å². The van der Waals surface area contributed by atoms with Gasteiger partial charge in [0.15, 0.2) is 5.82 Å². The highest BCUT2D eigenvalue weighted by molar-refractivity contribution is 7.90. The molecule has 0 aliphatic rings. The van der Waals surface area contributed by atoms with Crippen molar-refractivity contribution in [1.82, 2.24) is 14.8 Å². The van der Waals surface area contributed by atoms with Crippen LogP contribution >= 0.6 is 12.2 Å². The van der Waals surface area contributed by atoms with Crippen LogP contribution in [-0.2, 0) is 16.4 Å². The van der Waals surface area contributed by atoms with Crippen LogP contribution in [0.3, 0.4) is 0 Å². The fourth-order valence-electron chi connectivity index (χ4n) is 1.58. The molecule has 20 heavy (non-hydrogen) atoms. The number of sulfone groups is 1. The Morgan fingerprint density at radius 1 is 1.30 bits per heavy atom. The number of nitrogens with zero attached hydrogens (tertiary/aromatic N) is 2. The predicted octanol–water partition coefficient (Wildman–Crippen LogP) is 1.93. The second-order valence-corrected chi connectivity index (χ2v) is 6.92. The van der Waals surface area contributed by atoms with Crippen LogP contribution in [0.5, 0.6) is 0 Å². The molecular formula is C11H11F2N3O2S2. The maximum absolute atomic E-state index is 13.1. The number of aromatic nitrogens is 3. The molecule has 0 unspecified atom stereocenters. The topological polar surface area (TPSA) is 67.8 Å². The lowest BCUT2D eigenvalue weighted by Gasteiger charge is -2.01. The van der Waals surface area contributed by atoms with Crippen LogP contribution in [-0.4, -0.2) is 35.2 Å². The van der Waals surface area contributed by atoms with E-state index in [-0.39, 0.29) is 28.5 Å². The number of aryl methyl sites for hydroxylation is 1. The minimum absolute atomic E-state index is 0.0997. The van der Waals surface area contributed by atoms with E-state index < -0.39 is 21.5 Å². The van der Waals surface area contributed by atoms with Gasteiger partial charge in [-0.15, -0.1) is 0 Å². The third kappa shape index (κ3) is 3.70. The molecular weight excluding hydrogens is 308 g/mol. The normalized spacial score (nSPS) is 11.8. The van der Waals surface area contributed by atoms with Gasteiger partial charge < -0.3 is 0 Å². The monoisotopic (exact) mass is 319 g/mol. The average molecular weight is 319 g/mol. The van der Waals surface area contributed by atoms with Crippen LogP contribution in [0.15, 0.2) is 18.2 Å². The second kappa shape index (κ2) is 5.41. The summed E-state index contributed by atoms with van der Waals surface area (Å²) in [5, 5.41) is 2.73. The molecule has 0 radical (unpaired) electrons. The first-order valence-electron chi connectivity index (χ1n) is 5.56. The van der Waals surface area contributed by atoms with Crippen molar-refractivity contribution in [2.24, 2.45) is 0 Å². The van der Waals surface area contributed by atoms with Gasteiger partial charge in [-0.05, 0) is 24.4 Å². The van der Waals surface area contributed by atoms with E-state index in [0.29, 0.717) is 0 Å². The fraction of sp³-hybridized carbons (Fsp3) is 0.273. The zero-order chi connectivity index (χ0) is 14.9. The van der Waals surface area contributed by atoms with E-state index in [0.717, 1.165) is 24.5 Å². The van der Waals surface area contributed by atoms with E-state index in [1.807, 2.05) is 0 Å². The van der Waals surface area contributed by atoms with Gasteiger partial charge in [-0.2, -0.15) is 4.98 Å². The molecule has 0 bridgehead atoms. The zero-order valence-electron chi connectivity index (χ0n) is 10.4. The van der Waals surface area contributed by atoms with Crippen molar-refractivity contribution >= 4 is 22.1 Å². The molecule has 1 heterocycles. The number of halogens is 2. The van der Waals surface area contributed by atoms with Gasteiger partial charge >= 0.3 is 0 Å². The summed E-state index contributed by atoms with van der Waals surface area (Å²) in [6.07, 6.45) is 1.11. The Labute approximate surface area is 119 Å². The number of H-pyrrole nitrogens is 1.